The fourth-order valence-electron chi connectivity index (χ4n) is 2.41. The van der Waals surface area contributed by atoms with E-state index in [-0.39, 0.29) is 5.41 Å². The van der Waals surface area contributed by atoms with Crippen molar-refractivity contribution in [2.45, 2.75) is 46.6 Å². The highest BCUT2D eigenvalue weighted by Gasteiger charge is 2.17. The fraction of sp³-hybridized carbons (Fsp3) is 0.368. The quantitative estimate of drug-likeness (QED) is 0.745. The van der Waals surface area contributed by atoms with E-state index in [1.165, 1.54) is 22.3 Å². The molecule has 106 valence electrons. The molecule has 2 aromatic rings. The van der Waals surface area contributed by atoms with Crippen LogP contribution in [-0.2, 0) is 12.0 Å². The second-order valence-electron chi connectivity index (χ2n) is 6.39. The first kappa shape index (κ1) is 14.6. The van der Waals surface area contributed by atoms with Crippen molar-refractivity contribution in [3.05, 3.63) is 64.7 Å². The highest BCUT2D eigenvalue weighted by molar-refractivity contribution is 5.39. The van der Waals surface area contributed by atoms with Crippen LogP contribution < -0.4 is 4.74 Å². The Balaban J connectivity index is 2.22. The number of ether oxygens (including phenoxy) is 1. The molecule has 0 heterocycles. The summed E-state index contributed by atoms with van der Waals surface area (Å²) in [6, 6.07) is 14.7. The molecule has 0 aromatic heterocycles. The molecule has 1 heteroatoms. The van der Waals surface area contributed by atoms with E-state index in [2.05, 4.69) is 65.0 Å². The standard InChI is InChI=1S/C19H24O/c1-14-9-8-12-18(15(14)2)20-13-16-10-6-7-11-17(16)19(3,4)5/h6-12H,13H2,1-5H3. The fourth-order valence-corrected chi connectivity index (χ4v) is 2.41. The number of benzene rings is 2. The van der Waals surface area contributed by atoms with Gasteiger partial charge in [-0.05, 0) is 47.6 Å². The number of rotatable bonds is 3. The van der Waals surface area contributed by atoms with Gasteiger partial charge in [-0.1, -0.05) is 57.2 Å². The molecule has 0 atom stereocenters. The summed E-state index contributed by atoms with van der Waals surface area (Å²) in [6.07, 6.45) is 0. The minimum absolute atomic E-state index is 0.140. The van der Waals surface area contributed by atoms with E-state index in [4.69, 9.17) is 4.74 Å². The molecular weight excluding hydrogens is 244 g/mol. The summed E-state index contributed by atoms with van der Waals surface area (Å²) < 4.78 is 6.04. The molecule has 0 N–H and O–H groups in total. The average molecular weight is 268 g/mol. The van der Waals surface area contributed by atoms with Crippen LogP contribution in [0.5, 0.6) is 5.75 Å². The predicted octanol–water partition coefficient (Wildman–Crippen LogP) is 5.18. The van der Waals surface area contributed by atoms with Gasteiger partial charge in [0, 0.05) is 0 Å². The van der Waals surface area contributed by atoms with E-state index in [0.29, 0.717) is 6.61 Å². The van der Waals surface area contributed by atoms with E-state index in [1.54, 1.807) is 0 Å². The Labute approximate surface area is 122 Å². The topological polar surface area (TPSA) is 9.23 Å². The van der Waals surface area contributed by atoms with E-state index in [9.17, 15) is 0 Å². The van der Waals surface area contributed by atoms with Gasteiger partial charge in [0.15, 0.2) is 0 Å². The highest BCUT2D eigenvalue weighted by Crippen LogP contribution is 2.27. The molecule has 2 rings (SSSR count). The lowest BCUT2D eigenvalue weighted by Gasteiger charge is -2.23. The molecule has 0 amide bonds. The van der Waals surface area contributed by atoms with Crippen LogP contribution in [0, 0.1) is 13.8 Å². The van der Waals surface area contributed by atoms with Crippen molar-refractivity contribution in [1.29, 1.82) is 0 Å². The molecule has 0 bridgehead atoms. The van der Waals surface area contributed by atoms with Crippen LogP contribution in [-0.4, -0.2) is 0 Å². The van der Waals surface area contributed by atoms with Gasteiger partial charge < -0.3 is 4.74 Å². The first-order valence-corrected chi connectivity index (χ1v) is 7.17. The van der Waals surface area contributed by atoms with Crippen LogP contribution in [0.15, 0.2) is 42.5 Å². The normalized spacial score (nSPS) is 11.4. The molecule has 0 aliphatic heterocycles. The van der Waals surface area contributed by atoms with Crippen molar-refractivity contribution in [1.82, 2.24) is 0 Å². The van der Waals surface area contributed by atoms with Crippen molar-refractivity contribution in [2.24, 2.45) is 0 Å². The van der Waals surface area contributed by atoms with Gasteiger partial charge in [0.1, 0.15) is 12.4 Å². The minimum atomic E-state index is 0.140. The predicted molar refractivity (Wildman–Crippen MR) is 85.4 cm³/mol. The zero-order valence-corrected chi connectivity index (χ0v) is 13.2. The largest absolute Gasteiger partial charge is 0.489 e. The second-order valence-corrected chi connectivity index (χ2v) is 6.39. The summed E-state index contributed by atoms with van der Waals surface area (Å²) in [6.45, 7) is 11.6. The second kappa shape index (κ2) is 5.70. The third-order valence-corrected chi connectivity index (χ3v) is 3.76. The van der Waals surface area contributed by atoms with Crippen LogP contribution in [0.3, 0.4) is 0 Å². The summed E-state index contributed by atoms with van der Waals surface area (Å²) in [7, 11) is 0. The Kier molecular flexibility index (Phi) is 4.17. The van der Waals surface area contributed by atoms with Gasteiger partial charge in [-0.2, -0.15) is 0 Å². The van der Waals surface area contributed by atoms with Crippen LogP contribution in [0.1, 0.15) is 43.0 Å². The van der Waals surface area contributed by atoms with Gasteiger partial charge in [0.2, 0.25) is 0 Å². The lowest BCUT2D eigenvalue weighted by Crippen LogP contribution is -2.15. The smallest absolute Gasteiger partial charge is 0.122 e. The Hall–Kier alpha value is -1.76. The monoisotopic (exact) mass is 268 g/mol. The van der Waals surface area contributed by atoms with Gasteiger partial charge in [-0.3, -0.25) is 0 Å². The summed E-state index contributed by atoms with van der Waals surface area (Å²) in [5.74, 6) is 0.980. The highest BCUT2D eigenvalue weighted by atomic mass is 16.5. The first-order chi connectivity index (χ1) is 9.39. The minimum Gasteiger partial charge on any atom is -0.489 e. The number of hydrogen-bond acceptors (Lipinski definition) is 1. The van der Waals surface area contributed by atoms with Crippen molar-refractivity contribution < 1.29 is 4.74 Å². The van der Waals surface area contributed by atoms with Crippen LogP contribution in [0.4, 0.5) is 0 Å². The molecule has 0 fully saturated rings. The lowest BCUT2D eigenvalue weighted by molar-refractivity contribution is 0.300. The van der Waals surface area contributed by atoms with E-state index >= 15 is 0 Å². The molecular formula is C19H24O. The third kappa shape index (κ3) is 3.22. The molecule has 1 nitrogen and oxygen atoms in total. The van der Waals surface area contributed by atoms with Crippen molar-refractivity contribution in [2.75, 3.05) is 0 Å². The Morgan fingerprint density at radius 3 is 2.30 bits per heavy atom. The molecule has 20 heavy (non-hydrogen) atoms. The van der Waals surface area contributed by atoms with Crippen LogP contribution in [0.25, 0.3) is 0 Å². The SMILES string of the molecule is Cc1cccc(OCc2ccccc2C(C)(C)C)c1C. The van der Waals surface area contributed by atoms with Gasteiger partial charge >= 0.3 is 0 Å². The first-order valence-electron chi connectivity index (χ1n) is 7.17. The molecule has 0 radical (unpaired) electrons. The summed E-state index contributed by atoms with van der Waals surface area (Å²) in [5, 5.41) is 0. The van der Waals surface area contributed by atoms with Crippen molar-refractivity contribution in [3.8, 4) is 5.75 Å². The molecule has 0 unspecified atom stereocenters. The van der Waals surface area contributed by atoms with E-state index in [1.807, 2.05) is 12.1 Å². The zero-order valence-electron chi connectivity index (χ0n) is 13.2. The Morgan fingerprint density at radius 1 is 0.900 bits per heavy atom. The van der Waals surface area contributed by atoms with E-state index in [0.717, 1.165) is 5.75 Å². The maximum atomic E-state index is 6.04. The molecule has 0 spiro atoms. The average Bonchev–Trinajstić information content (AvgIpc) is 2.40. The van der Waals surface area contributed by atoms with Crippen LogP contribution in [0.2, 0.25) is 0 Å². The summed E-state index contributed by atoms with van der Waals surface area (Å²) in [5.41, 5.74) is 5.25. The van der Waals surface area contributed by atoms with Gasteiger partial charge in [-0.15, -0.1) is 0 Å². The zero-order chi connectivity index (χ0) is 14.8. The molecule has 0 saturated heterocycles. The van der Waals surface area contributed by atoms with E-state index < -0.39 is 0 Å². The maximum absolute atomic E-state index is 6.04. The molecule has 2 aromatic carbocycles. The summed E-state index contributed by atoms with van der Waals surface area (Å²) in [4.78, 5) is 0. The molecule has 0 aliphatic carbocycles. The maximum Gasteiger partial charge on any atom is 0.122 e. The molecule has 0 saturated carbocycles. The number of hydrogen-bond donors (Lipinski definition) is 0. The lowest BCUT2D eigenvalue weighted by atomic mass is 9.84. The Morgan fingerprint density at radius 2 is 1.60 bits per heavy atom. The van der Waals surface area contributed by atoms with Crippen LogP contribution >= 0.6 is 0 Å². The Bertz CT molecular complexity index is 591. The third-order valence-electron chi connectivity index (χ3n) is 3.76. The van der Waals surface area contributed by atoms with Gasteiger partial charge in [0.25, 0.3) is 0 Å². The summed E-state index contributed by atoms with van der Waals surface area (Å²) >= 11 is 0. The number of aryl methyl sites for hydroxylation is 1. The van der Waals surface area contributed by atoms with Gasteiger partial charge in [0.05, 0.1) is 0 Å². The molecule has 0 aliphatic rings. The van der Waals surface area contributed by atoms with Gasteiger partial charge in [-0.25, -0.2) is 0 Å². The van der Waals surface area contributed by atoms with Crippen molar-refractivity contribution in [3.63, 3.8) is 0 Å². The van der Waals surface area contributed by atoms with Crippen molar-refractivity contribution >= 4 is 0 Å².